The lowest BCUT2D eigenvalue weighted by Crippen LogP contribution is -2.51. The first kappa shape index (κ1) is 32.3. The van der Waals surface area contributed by atoms with Gasteiger partial charge in [-0.1, -0.05) is 12.1 Å². The van der Waals surface area contributed by atoms with Gasteiger partial charge in [-0.2, -0.15) is 13.2 Å². The lowest BCUT2D eigenvalue weighted by Gasteiger charge is -2.34. The van der Waals surface area contributed by atoms with E-state index in [1.807, 2.05) is 0 Å². The Balaban J connectivity index is 1.18. The molecule has 0 aliphatic carbocycles. The summed E-state index contributed by atoms with van der Waals surface area (Å²) < 4.78 is 51.1. The summed E-state index contributed by atoms with van der Waals surface area (Å²) >= 11 is 0. The predicted molar refractivity (Wildman–Crippen MR) is 163 cm³/mol. The van der Waals surface area contributed by atoms with Gasteiger partial charge in [-0.05, 0) is 81.6 Å². The van der Waals surface area contributed by atoms with E-state index >= 15 is 0 Å². The first-order chi connectivity index (χ1) is 21.7. The van der Waals surface area contributed by atoms with Gasteiger partial charge >= 0.3 is 18.3 Å². The fourth-order valence-electron chi connectivity index (χ4n) is 4.92. The standard InChI is InChI=1S/C32H33F3N6O5/c1-31(2,3)46-30(44)40-15-4-5-23(18-40)39-29(43)41-16-14-25-27(41)36-19-37-28(25)45-24-12-10-22(11-13-24)38-26(42)17-20-6-8-21(9-7-20)32(33,34)35/h6-14,16,19,23H,4-5,15,17-18H2,1-3H3,(H,38,42)(H,39,43). The monoisotopic (exact) mass is 638 g/mol. The highest BCUT2D eigenvalue weighted by Crippen LogP contribution is 2.30. The number of fused-ring (bicyclic) bond motifs is 1. The van der Waals surface area contributed by atoms with Gasteiger partial charge in [0.25, 0.3) is 0 Å². The molecule has 0 spiro atoms. The number of hydrogen-bond donors (Lipinski definition) is 2. The third kappa shape index (κ3) is 8.11. The fourth-order valence-corrected chi connectivity index (χ4v) is 4.92. The van der Waals surface area contributed by atoms with Crippen molar-refractivity contribution in [1.82, 2.24) is 24.8 Å². The van der Waals surface area contributed by atoms with E-state index in [4.69, 9.17) is 9.47 Å². The number of amides is 3. The average Bonchev–Trinajstić information content (AvgIpc) is 3.43. The van der Waals surface area contributed by atoms with E-state index in [2.05, 4.69) is 20.6 Å². The Morgan fingerprint density at radius 2 is 1.70 bits per heavy atom. The number of halogens is 3. The summed E-state index contributed by atoms with van der Waals surface area (Å²) in [5.74, 6) is 0.225. The van der Waals surface area contributed by atoms with E-state index < -0.39 is 35.4 Å². The molecular weight excluding hydrogens is 605 g/mol. The van der Waals surface area contributed by atoms with Gasteiger partial charge in [-0.25, -0.2) is 19.6 Å². The molecule has 3 amide bonds. The van der Waals surface area contributed by atoms with Crippen molar-refractivity contribution < 1.29 is 37.0 Å². The van der Waals surface area contributed by atoms with Crippen molar-refractivity contribution in [3.8, 4) is 11.6 Å². The Morgan fingerprint density at radius 1 is 0.978 bits per heavy atom. The number of carbonyl (C=O) groups is 3. The van der Waals surface area contributed by atoms with Crippen molar-refractivity contribution in [3.63, 3.8) is 0 Å². The van der Waals surface area contributed by atoms with E-state index in [0.717, 1.165) is 18.6 Å². The Labute approximate surface area is 262 Å². The highest BCUT2D eigenvalue weighted by molar-refractivity contribution is 5.93. The Hall–Kier alpha value is -5.14. The molecule has 1 aliphatic heterocycles. The molecular formula is C32H33F3N6O5. The second kappa shape index (κ2) is 13.1. The number of alkyl halides is 3. The van der Waals surface area contributed by atoms with Crippen LogP contribution in [0.4, 0.5) is 28.4 Å². The third-order valence-electron chi connectivity index (χ3n) is 7.06. The van der Waals surface area contributed by atoms with E-state index in [0.29, 0.717) is 47.5 Å². The quantitative estimate of drug-likeness (QED) is 0.251. The summed E-state index contributed by atoms with van der Waals surface area (Å²) in [6.07, 6.45) is -0.682. The van der Waals surface area contributed by atoms with Crippen LogP contribution in [0.25, 0.3) is 11.0 Å². The first-order valence-corrected chi connectivity index (χ1v) is 14.6. The molecule has 5 rings (SSSR count). The van der Waals surface area contributed by atoms with Crippen LogP contribution >= 0.6 is 0 Å². The van der Waals surface area contributed by atoms with E-state index in [1.54, 1.807) is 62.2 Å². The number of piperidine rings is 1. The smallest absolute Gasteiger partial charge is 0.416 e. The molecule has 2 N–H and O–H groups in total. The SMILES string of the molecule is CC(C)(C)OC(=O)N1CCCC(NC(=O)n2ccc3c(Oc4ccc(NC(=O)Cc5ccc(C(F)(F)F)cc5)cc4)ncnc32)C1. The average molecular weight is 639 g/mol. The van der Waals surface area contributed by atoms with Gasteiger partial charge in [-0.15, -0.1) is 0 Å². The molecule has 0 bridgehead atoms. The predicted octanol–water partition coefficient (Wildman–Crippen LogP) is 6.38. The molecule has 0 saturated carbocycles. The molecule has 1 unspecified atom stereocenters. The van der Waals surface area contributed by atoms with Crippen LogP contribution in [0, 0.1) is 0 Å². The van der Waals surface area contributed by atoms with E-state index in [9.17, 15) is 27.6 Å². The van der Waals surface area contributed by atoms with Gasteiger partial charge in [0.1, 0.15) is 17.7 Å². The van der Waals surface area contributed by atoms with Crippen molar-refractivity contribution >= 4 is 34.8 Å². The molecule has 1 atom stereocenters. The summed E-state index contributed by atoms with van der Waals surface area (Å²) in [6, 6.07) is 11.9. The molecule has 4 aromatic rings. The summed E-state index contributed by atoms with van der Waals surface area (Å²) in [6.45, 7) is 6.29. The number of aromatic nitrogens is 3. The highest BCUT2D eigenvalue weighted by atomic mass is 19.4. The lowest BCUT2D eigenvalue weighted by atomic mass is 10.1. The van der Waals surface area contributed by atoms with Gasteiger partial charge < -0.3 is 25.0 Å². The maximum absolute atomic E-state index is 13.2. The van der Waals surface area contributed by atoms with Crippen molar-refractivity contribution in [2.75, 3.05) is 18.4 Å². The minimum Gasteiger partial charge on any atom is -0.444 e. The van der Waals surface area contributed by atoms with Crippen LogP contribution in [-0.2, 0) is 22.1 Å². The Morgan fingerprint density at radius 3 is 2.37 bits per heavy atom. The number of anilines is 1. The first-order valence-electron chi connectivity index (χ1n) is 14.6. The summed E-state index contributed by atoms with van der Waals surface area (Å²) in [5, 5.41) is 6.17. The normalized spacial score (nSPS) is 15.3. The van der Waals surface area contributed by atoms with Crippen LogP contribution in [-0.4, -0.2) is 62.2 Å². The molecule has 2 aromatic heterocycles. The fraction of sp³-hybridized carbons (Fsp3) is 0.344. The van der Waals surface area contributed by atoms with Crippen molar-refractivity contribution in [2.45, 2.75) is 57.9 Å². The van der Waals surface area contributed by atoms with Crippen LogP contribution < -0.4 is 15.4 Å². The number of hydrogen-bond acceptors (Lipinski definition) is 7. The molecule has 1 fully saturated rings. The number of ether oxygens (including phenoxy) is 2. The Bertz CT molecular complexity index is 1720. The zero-order valence-corrected chi connectivity index (χ0v) is 25.4. The number of benzene rings is 2. The molecule has 14 heteroatoms. The van der Waals surface area contributed by atoms with Gasteiger partial charge in [0.2, 0.25) is 11.8 Å². The minimum atomic E-state index is -4.44. The second-order valence-corrected chi connectivity index (χ2v) is 11.9. The number of rotatable bonds is 6. The molecule has 3 heterocycles. The molecule has 46 heavy (non-hydrogen) atoms. The number of carbonyl (C=O) groups excluding carboxylic acids is 3. The lowest BCUT2D eigenvalue weighted by molar-refractivity contribution is -0.137. The molecule has 1 aliphatic rings. The topological polar surface area (TPSA) is 128 Å². The van der Waals surface area contributed by atoms with Crippen LogP contribution in [0.3, 0.4) is 0 Å². The zero-order chi connectivity index (χ0) is 33.1. The van der Waals surface area contributed by atoms with Gasteiger partial charge in [-0.3, -0.25) is 9.36 Å². The van der Waals surface area contributed by atoms with Crippen LogP contribution in [0.5, 0.6) is 11.6 Å². The Kier molecular flexibility index (Phi) is 9.17. The molecule has 0 radical (unpaired) electrons. The summed E-state index contributed by atoms with van der Waals surface area (Å²) in [7, 11) is 0. The molecule has 1 saturated heterocycles. The van der Waals surface area contributed by atoms with Crippen molar-refractivity contribution in [3.05, 3.63) is 78.2 Å². The number of nitrogens with one attached hydrogen (secondary N) is 2. The third-order valence-corrected chi connectivity index (χ3v) is 7.06. The highest BCUT2D eigenvalue weighted by Gasteiger charge is 2.30. The van der Waals surface area contributed by atoms with Gasteiger partial charge in [0, 0.05) is 31.0 Å². The maximum atomic E-state index is 13.2. The van der Waals surface area contributed by atoms with Crippen LogP contribution in [0.15, 0.2) is 67.1 Å². The minimum absolute atomic E-state index is 0.0946. The molecule has 11 nitrogen and oxygen atoms in total. The molecule has 242 valence electrons. The summed E-state index contributed by atoms with van der Waals surface area (Å²) in [5.41, 5.74) is -0.154. The van der Waals surface area contributed by atoms with Crippen LogP contribution in [0.1, 0.15) is 44.7 Å². The zero-order valence-electron chi connectivity index (χ0n) is 25.4. The number of likely N-dealkylation sites (tertiary alicyclic amines) is 1. The second-order valence-electron chi connectivity index (χ2n) is 11.9. The van der Waals surface area contributed by atoms with Crippen LogP contribution in [0.2, 0.25) is 0 Å². The van der Waals surface area contributed by atoms with E-state index in [1.165, 1.54) is 23.0 Å². The van der Waals surface area contributed by atoms with Gasteiger partial charge in [0.15, 0.2) is 5.65 Å². The summed E-state index contributed by atoms with van der Waals surface area (Å²) in [4.78, 5) is 48.2. The number of nitrogens with zero attached hydrogens (tertiary/aromatic N) is 4. The largest absolute Gasteiger partial charge is 0.444 e. The maximum Gasteiger partial charge on any atom is 0.416 e. The van der Waals surface area contributed by atoms with E-state index in [-0.39, 0.29) is 18.3 Å². The van der Waals surface area contributed by atoms with Gasteiger partial charge in [0.05, 0.1) is 17.4 Å². The van der Waals surface area contributed by atoms with Crippen molar-refractivity contribution in [2.24, 2.45) is 0 Å². The van der Waals surface area contributed by atoms with Crippen molar-refractivity contribution in [1.29, 1.82) is 0 Å². The molecule has 2 aromatic carbocycles.